The highest BCUT2D eigenvalue weighted by atomic mass is 19.3. The molecule has 21 heavy (non-hydrogen) atoms. The van der Waals surface area contributed by atoms with E-state index < -0.39 is 25.0 Å². The van der Waals surface area contributed by atoms with Crippen LogP contribution >= 0.6 is 0 Å². The highest BCUT2D eigenvalue weighted by Gasteiger charge is 2.36. The summed E-state index contributed by atoms with van der Waals surface area (Å²) in [5.74, 6) is -3.45. The Kier molecular flexibility index (Phi) is 4.84. The number of hydrogen-bond donors (Lipinski definition) is 0. The van der Waals surface area contributed by atoms with Crippen LogP contribution in [0.5, 0.6) is 0 Å². The standard InChI is InChI=1S/C14H19F2N3O2/c1-18(2)8-12-4-3-11(7-17-12)13(20)19-5-6-21-10-14(15,16)9-19/h3-4,7H,5-6,8-10H2,1-2H3. The molecule has 0 spiro atoms. The van der Waals surface area contributed by atoms with Gasteiger partial charge in [-0.05, 0) is 26.2 Å². The van der Waals surface area contributed by atoms with Crippen LogP contribution in [-0.2, 0) is 11.3 Å². The molecular formula is C14H19F2N3O2. The second-order valence-corrected chi connectivity index (χ2v) is 5.41. The molecule has 0 radical (unpaired) electrons. The molecular weight excluding hydrogens is 280 g/mol. The molecule has 1 saturated heterocycles. The number of alkyl halides is 2. The monoisotopic (exact) mass is 299 g/mol. The number of amides is 1. The molecule has 1 amide bonds. The maximum atomic E-state index is 13.5. The Labute approximate surface area is 122 Å². The lowest BCUT2D eigenvalue weighted by Crippen LogP contribution is -2.41. The van der Waals surface area contributed by atoms with Crippen LogP contribution in [0.25, 0.3) is 0 Å². The molecule has 0 unspecified atom stereocenters. The molecule has 0 atom stereocenters. The fourth-order valence-corrected chi connectivity index (χ4v) is 2.12. The summed E-state index contributed by atoms with van der Waals surface area (Å²) in [6, 6.07) is 3.36. The van der Waals surface area contributed by atoms with Crippen molar-refractivity contribution in [1.82, 2.24) is 14.8 Å². The van der Waals surface area contributed by atoms with Crippen molar-refractivity contribution in [2.75, 3.05) is 40.4 Å². The molecule has 1 aromatic heterocycles. The number of aromatic nitrogens is 1. The number of carbonyl (C=O) groups excluding carboxylic acids is 1. The van der Waals surface area contributed by atoms with Gasteiger partial charge in [-0.3, -0.25) is 9.78 Å². The summed E-state index contributed by atoms with van der Waals surface area (Å²) in [6.45, 7) is -0.326. The van der Waals surface area contributed by atoms with E-state index in [0.29, 0.717) is 12.1 Å². The first-order valence-corrected chi connectivity index (χ1v) is 6.72. The summed E-state index contributed by atoms with van der Waals surface area (Å²) in [6.07, 6.45) is 1.44. The normalized spacial score (nSPS) is 18.6. The van der Waals surface area contributed by atoms with E-state index in [1.807, 2.05) is 19.0 Å². The Morgan fingerprint density at radius 1 is 1.48 bits per heavy atom. The van der Waals surface area contributed by atoms with Gasteiger partial charge in [0.1, 0.15) is 6.61 Å². The van der Waals surface area contributed by atoms with Gasteiger partial charge < -0.3 is 14.5 Å². The second-order valence-electron chi connectivity index (χ2n) is 5.41. The summed E-state index contributed by atoms with van der Waals surface area (Å²) in [5.41, 5.74) is 1.14. The Balaban J connectivity index is 2.08. The van der Waals surface area contributed by atoms with Crippen molar-refractivity contribution in [3.8, 4) is 0 Å². The van der Waals surface area contributed by atoms with Gasteiger partial charge in [0.2, 0.25) is 0 Å². The van der Waals surface area contributed by atoms with Crippen LogP contribution in [0.2, 0.25) is 0 Å². The minimum Gasteiger partial charge on any atom is -0.373 e. The number of nitrogens with zero attached hydrogens (tertiary/aromatic N) is 3. The van der Waals surface area contributed by atoms with E-state index in [-0.39, 0.29) is 13.2 Å². The van der Waals surface area contributed by atoms with Crippen molar-refractivity contribution in [3.05, 3.63) is 29.6 Å². The molecule has 0 aliphatic carbocycles. The van der Waals surface area contributed by atoms with E-state index in [9.17, 15) is 13.6 Å². The maximum Gasteiger partial charge on any atom is 0.288 e. The van der Waals surface area contributed by atoms with E-state index >= 15 is 0 Å². The van der Waals surface area contributed by atoms with Crippen LogP contribution in [0.3, 0.4) is 0 Å². The van der Waals surface area contributed by atoms with Gasteiger partial charge in [0.15, 0.2) is 0 Å². The topological polar surface area (TPSA) is 45.7 Å². The highest BCUT2D eigenvalue weighted by molar-refractivity contribution is 5.94. The zero-order valence-corrected chi connectivity index (χ0v) is 12.2. The molecule has 1 aromatic rings. The molecule has 0 saturated carbocycles. The summed E-state index contributed by atoms with van der Waals surface area (Å²) < 4.78 is 31.7. The van der Waals surface area contributed by atoms with Gasteiger partial charge in [-0.25, -0.2) is 8.78 Å². The van der Waals surface area contributed by atoms with Gasteiger partial charge in [-0.15, -0.1) is 0 Å². The van der Waals surface area contributed by atoms with Gasteiger partial charge in [-0.2, -0.15) is 0 Å². The molecule has 1 fully saturated rings. The Hall–Kier alpha value is -1.60. The summed E-state index contributed by atoms with van der Waals surface area (Å²) >= 11 is 0. The van der Waals surface area contributed by atoms with Crippen LogP contribution in [0.1, 0.15) is 16.1 Å². The Morgan fingerprint density at radius 2 is 2.24 bits per heavy atom. The minimum absolute atomic E-state index is 0.119. The fourth-order valence-electron chi connectivity index (χ4n) is 2.12. The molecule has 0 aromatic carbocycles. The van der Waals surface area contributed by atoms with E-state index in [1.54, 1.807) is 12.1 Å². The van der Waals surface area contributed by atoms with E-state index in [2.05, 4.69) is 4.98 Å². The van der Waals surface area contributed by atoms with Crippen molar-refractivity contribution in [1.29, 1.82) is 0 Å². The van der Waals surface area contributed by atoms with E-state index in [0.717, 1.165) is 10.6 Å². The molecule has 116 valence electrons. The first-order valence-electron chi connectivity index (χ1n) is 6.72. The molecule has 7 heteroatoms. The van der Waals surface area contributed by atoms with Crippen molar-refractivity contribution < 1.29 is 18.3 Å². The first kappa shape index (κ1) is 15.8. The van der Waals surface area contributed by atoms with Crippen molar-refractivity contribution in [2.45, 2.75) is 12.5 Å². The average Bonchev–Trinajstić information content (AvgIpc) is 2.59. The summed E-state index contributed by atoms with van der Waals surface area (Å²) in [4.78, 5) is 19.5. The van der Waals surface area contributed by atoms with Gasteiger partial charge in [0.05, 0.1) is 24.4 Å². The number of halogens is 2. The highest BCUT2D eigenvalue weighted by Crippen LogP contribution is 2.20. The minimum atomic E-state index is -3.01. The SMILES string of the molecule is CN(C)Cc1ccc(C(=O)N2CCOCC(F)(F)C2)cn1. The quantitative estimate of drug-likeness (QED) is 0.843. The molecule has 5 nitrogen and oxygen atoms in total. The zero-order chi connectivity index (χ0) is 15.5. The lowest BCUT2D eigenvalue weighted by Gasteiger charge is -2.23. The number of carbonyl (C=O) groups is 1. The molecule has 1 aliphatic rings. The van der Waals surface area contributed by atoms with Gasteiger partial charge in [0, 0.05) is 19.3 Å². The third kappa shape index (κ3) is 4.44. The summed E-state index contributed by atoms with van der Waals surface area (Å²) in [5, 5.41) is 0. The van der Waals surface area contributed by atoms with Gasteiger partial charge in [-0.1, -0.05) is 0 Å². The molecule has 2 rings (SSSR count). The average molecular weight is 299 g/mol. The van der Waals surface area contributed by atoms with Gasteiger partial charge >= 0.3 is 0 Å². The number of rotatable bonds is 3. The van der Waals surface area contributed by atoms with E-state index in [1.165, 1.54) is 6.20 Å². The largest absolute Gasteiger partial charge is 0.373 e. The smallest absolute Gasteiger partial charge is 0.288 e. The Morgan fingerprint density at radius 3 is 2.86 bits per heavy atom. The molecule has 1 aliphatic heterocycles. The van der Waals surface area contributed by atoms with Crippen molar-refractivity contribution in [3.63, 3.8) is 0 Å². The van der Waals surface area contributed by atoms with Crippen molar-refractivity contribution >= 4 is 5.91 Å². The third-order valence-electron chi connectivity index (χ3n) is 3.08. The number of ether oxygens (including phenoxy) is 1. The first-order chi connectivity index (χ1) is 9.87. The van der Waals surface area contributed by atoms with E-state index in [4.69, 9.17) is 4.74 Å². The predicted octanol–water partition coefficient (Wildman–Crippen LogP) is 1.25. The molecule has 0 N–H and O–H groups in total. The van der Waals surface area contributed by atoms with Crippen LogP contribution in [0.4, 0.5) is 8.78 Å². The third-order valence-corrected chi connectivity index (χ3v) is 3.08. The maximum absolute atomic E-state index is 13.5. The summed E-state index contributed by atoms with van der Waals surface area (Å²) in [7, 11) is 3.83. The zero-order valence-electron chi connectivity index (χ0n) is 12.2. The van der Waals surface area contributed by atoms with Crippen LogP contribution in [-0.4, -0.2) is 67.0 Å². The van der Waals surface area contributed by atoms with Crippen LogP contribution in [0, 0.1) is 0 Å². The lowest BCUT2D eigenvalue weighted by atomic mass is 10.2. The molecule has 0 bridgehead atoms. The second kappa shape index (κ2) is 6.44. The molecule has 2 heterocycles. The predicted molar refractivity (Wildman–Crippen MR) is 73.3 cm³/mol. The van der Waals surface area contributed by atoms with Crippen LogP contribution in [0.15, 0.2) is 18.3 Å². The van der Waals surface area contributed by atoms with Gasteiger partial charge in [0.25, 0.3) is 11.8 Å². The number of hydrogen-bond acceptors (Lipinski definition) is 4. The van der Waals surface area contributed by atoms with Crippen molar-refractivity contribution in [2.24, 2.45) is 0 Å². The fraction of sp³-hybridized carbons (Fsp3) is 0.571. The lowest BCUT2D eigenvalue weighted by molar-refractivity contribution is -0.0660. The number of pyridine rings is 1. The van der Waals surface area contributed by atoms with Crippen LogP contribution < -0.4 is 0 Å². The Bertz CT molecular complexity index is 491.